The van der Waals surface area contributed by atoms with Crippen molar-refractivity contribution in [3.8, 4) is 5.75 Å². The van der Waals surface area contributed by atoms with Crippen molar-refractivity contribution in [1.29, 1.82) is 0 Å². The second-order valence-electron chi connectivity index (χ2n) is 5.62. The number of methoxy groups -OCH3 is 1. The summed E-state index contributed by atoms with van der Waals surface area (Å²) in [5.74, 6) is 1.18. The van der Waals surface area contributed by atoms with E-state index in [1.165, 1.54) is 0 Å². The van der Waals surface area contributed by atoms with Crippen molar-refractivity contribution in [3.63, 3.8) is 0 Å². The Labute approximate surface area is 115 Å². The molecule has 1 aromatic rings. The highest BCUT2D eigenvalue weighted by atomic mass is 16.5. The van der Waals surface area contributed by atoms with Gasteiger partial charge in [0, 0.05) is 17.5 Å². The predicted molar refractivity (Wildman–Crippen MR) is 76.7 cm³/mol. The van der Waals surface area contributed by atoms with Crippen molar-refractivity contribution < 1.29 is 9.53 Å². The summed E-state index contributed by atoms with van der Waals surface area (Å²) >= 11 is 0. The molecule has 3 nitrogen and oxygen atoms in total. The molecule has 2 N–H and O–H groups in total. The lowest BCUT2D eigenvalue weighted by Crippen LogP contribution is -2.31. The molecule has 1 aliphatic rings. The summed E-state index contributed by atoms with van der Waals surface area (Å²) in [5, 5.41) is 0. The van der Waals surface area contributed by atoms with Gasteiger partial charge in [-0.2, -0.15) is 0 Å². The van der Waals surface area contributed by atoms with Gasteiger partial charge in [0.05, 0.1) is 7.11 Å². The number of nitrogens with two attached hydrogens (primary N) is 1. The van der Waals surface area contributed by atoms with Crippen LogP contribution in [-0.2, 0) is 0 Å². The van der Waals surface area contributed by atoms with E-state index >= 15 is 0 Å². The first-order valence-electron chi connectivity index (χ1n) is 6.98. The minimum absolute atomic E-state index is 0.0928. The van der Waals surface area contributed by atoms with E-state index in [0.29, 0.717) is 0 Å². The van der Waals surface area contributed by atoms with Crippen LogP contribution in [0, 0.1) is 19.8 Å². The topological polar surface area (TPSA) is 52.3 Å². The fraction of sp³-hybridized carbons (Fsp3) is 0.562. The molecule has 0 bridgehead atoms. The van der Waals surface area contributed by atoms with Gasteiger partial charge in [0.2, 0.25) is 0 Å². The van der Waals surface area contributed by atoms with E-state index in [1.54, 1.807) is 7.11 Å². The zero-order valence-corrected chi connectivity index (χ0v) is 12.0. The lowest BCUT2D eigenvalue weighted by molar-refractivity contribution is 0.0881. The molecule has 0 aromatic heterocycles. The first kappa shape index (κ1) is 14.1. The normalized spacial score (nSPS) is 23.2. The number of hydrogen-bond donors (Lipinski definition) is 1. The van der Waals surface area contributed by atoms with Crippen LogP contribution in [-0.4, -0.2) is 18.9 Å². The van der Waals surface area contributed by atoms with E-state index in [4.69, 9.17) is 10.5 Å². The number of aryl methyl sites for hydroxylation is 2. The van der Waals surface area contributed by atoms with Crippen molar-refractivity contribution in [2.24, 2.45) is 11.7 Å². The predicted octanol–water partition coefficient (Wildman–Crippen LogP) is 3.01. The van der Waals surface area contributed by atoms with Gasteiger partial charge in [0.25, 0.3) is 0 Å². The average Bonchev–Trinajstić information content (AvgIpc) is 2.40. The molecule has 1 fully saturated rings. The van der Waals surface area contributed by atoms with Gasteiger partial charge in [-0.05, 0) is 56.4 Å². The van der Waals surface area contributed by atoms with E-state index in [0.717, 1.165) is 48.1 Å². The Hall–Kier alpha value is -1.35. The molecule has 2 atom stereocenters. The largest absolute Gasteiger partial charge is 0.496 e. The molecule has 104 valence electrons. The fourth-order valence-electron chi connectivity index (χ4n) is 2.96. The minimum Gasteiger partial charge on any atom is -0.496 e. The third-order valence-corrected chi connectivity index (χ3v) is 4.09. The SMILES string of the molecule is COc1cc(C)c(C(=O)C2CCCC(N)C2)cc1C. The van der Waals surface area contributed by atoms with Gasteiger partial charge in [-0.25, -0.2) is 0 Å². The van der Waals surface area contributed by atoms with E-state index in [1.807, 2.05) is 26.0 Å². The van der Waals surface area contributed by atoms with Gasteiger partial charge in [-0.3, -0.25) is 4.79 Å². The second kappa shape index (κ2) is 5.74. The standard InChI is InChI=1S/C16H23NO2/c1-10-8-15(19-3)11(2)7-14(10)16(18)12-5-4-6-13(17)9-12/h7-8,12-13H,4-6,9,17H2,1-3H3. The lowest BCUT2D eigenvalue weighted by Gasteiger charge is -2.26. The molecule has 1 saturated carbocycles. The Morgan fingerprint density at radius 2 is 2.00 bits per heavy atom. The summed E-state index contributed by atoms with van der Waals surface area (Å²) in [6.07, 6.45) is 3.90. The Kier molecular flexibility index (Phi) is 4.25. The highest BCUT2D eigenvalue weighted by Gasteiger charge is 2.27. The maximum absolute atomic E-state index is 12.6. The van der Waals surface area contributed by atoms with Crippen molar-refractivity contribution in [2.75, 3.05) is 7.11 Å². The van der Waals surface area contributed by atoms with E-state index in [9.17, 15) is 4.79 Å². The maximum atomic E-state index is 12.6. The highest BCUT2D eigenvalue weighted by Crippen LogP contribution is 2.30. The van der Waals surface area contributed by atoms with Crippen LogP contribution < -0.4 is 10.5 Å². The van der Waals surface area contributed by atoms with Crippen LogP contribution in [0.2, 0.25) is 0 Å². The van der Waals surface area contributed by atoms with Gasteiger partial charge < -0.3 is 10.5 Å². The summed E-state index contributed by atoms with van der Waals surface area (Å²) in [7, 11) is 1.66. The summed E-state index contributed by atoms with van der Waals surface area (Å²) in [6.45, 7) is 3.94. The molecule has 2 unspecified atom stereocenters. The van der Waals surface area contributed by atoms with Crippen molar-refractivity contribution >= 4 is 5.78 Å². The third-order valence-electron chi connectivity index (χ3n) is 4.09. The van der Waals surface area contributed by atoms with Gasteiger partial charge in [-0.1, -0.05) is 6.42 Å². The molecule has 0 heterocycles. The summed E-state index contributed by atoms with van der Waals surface area (Å²) < 4.78 is 5.29. The lowest BCUT2D eigenvalue weighted by atomic mass is 9.80. The minimum atomic E-state index is 0.0928. The molecule has 3 heteroatoms. The fourth-order valence-corrected chi connectivity index (χ4v) is 2.96. The van der Waals surface area contributed by atoms with Crippen LogP contribution in [0.25, 0.3) is 0 Å². The quantitative estimate of drug-likeness (QED) is 0.851. The Balaban J connectivity index is 2.26. The Morgan fingerprint density at radius 1 is 1.26 bits per heavy atom. The molecule has 1 aliphatic carbocycles. The number of ether oxygens (including phenoxy) is 1. The first-order valence-corrected chi connectivity index (χ1v) is 6.98. The average molecular weight is 261 g/mol. The molecule has 0 amide bonds. The van der Waals surface area contributed by atoms with Gasteiger partial charge >= 0.3 is 0 Å². The highest BCUT2D eigenvalue weighted by molar-refractivity contribution is 5.99. The Morgan fingerprint density at radius 3 is 2.63 bits per heavy atom. The zero-order chi connectivity index (χ0) is 14.0. The molecule has 19 heavy (non-hydrogen) atoms. The monoisotopic (exact) mass is 261 g/mol. The number of ketones is 1. The van der Waals surface area contributed by atoms with E-state index in [2.05, 4.69) is 0 Å². The molecule has 1 aromatic carbocycles. The molecule has 2 rings (SSSR count). The number of hydrogen-bond acceptors (Lipinski definition) is 3. The van der Waals surface area contributed by atoms with Crippen molar-refractivity contribution in [1.82, 2.24) is 0 Å². The molecule has 0 spiro atoms. The molecular weight excluding hydrogens is 238 g/mol. The number of carbonyl (C=O) groups is 1. The number of carbonyl (C=O) groups excluding carboxylic acids is 1. The smallest absolute Gasteiger partial charge is 0.166 e. The van der Waals surface area contributed by atoms with Crippen molar-refractivity contribution in [2.45, 2.75) is 45.6 Å². The first-order chi connectivity index (χ1) is 9.02. The molecular formula is C16H23NO2. The number of rotatable bonds is 3. The number of Topliss-reactive ketones (excluding diaryl/α,β-unsaturated/α-hetero) is 1. The van der Waals surface area contributed by atoms with Gasteiger partial charge in [-0.15, -0.1) is 0 Å². The van der Waals surface area contributed by atoms with Gasteiger partial charge in [0.1, 0.15) is 5.75 Å². The Bertz CT molecular complexity index is 482. The number of benzene rings is 1. The van der Waals surface area contributed by atoms with E-state index < -0.39 is 0 Å². The van der Waals surface area contributed by atoms with Crippen LogP contribution in [0.1, 0.15) is 47.2 Å². The molecule has 0 radical (unpaired) electrons. The maximum Gasteiger partial charge on any atom is 0.166 e. The van der Waals surface area contributed by atoms with Crippen LogP contribution in [0.3, 0.4) is 0 Å². The summed E-state index contributed by atoms with van der Waals surface area (Å²) in [4.78, 5) is 12.6. The van der Waals surface area contributed by atoms with Crippen LogP contribution in [0.5, 0.6) is 5.75 Å². The van der Waals surface area contributed by atoms with E-state index in [-0.39, 0.29) is 17.7 Å². The van der Waals surface area contributed by atoms with Crippen LogP contribution in [0.15, 0.2) is 12.1 Å². The second-order valence-corrected chi connectivity index (χ2v) is 5.62. The molecule has 0 saturated heterocycles. The summed E-state index contributed by atoms with van der Waals surface area (Å²) in [6, 6.07) is 4.09. The van der Waals surface area contributed by atoms with Crippen LogP contribution >= 0.6 is 0 Å². The third kappa shape index (κ3) is 2.98. The van der Waals surface area contributed by atoms with Crippen molar-refractivity contribution in [3.05, 3.63) is 28.8 Å². The molecule has 0 aliphatic heterocycles. The van der Waals surface area contributed by atoms with Crippen LogP contribution in [0.4, 0.5) is 0 Å². The summed E-state index contributed by atoms with van der Waals surface area (Å²) in [5.41, 5.74) is 8.82. The zero-order valence-electron chi connectivity index (χ0n) is 12.0. The van der Waals surface area contributed by atoms with Gasteiger partial charge in [0.15, 0.2) is 5.78 Å².